The zero-order chi connectivity index (χ0) is 17.5. The van der Waals surface area contributed by atoms with E-state index < -0.39 is 11.0 Å². The molecule has 1 aliphatic heterocycles. The molecule has 9 heteroatoms. The summed E-state index contributed by atoms with van der Waals surface area (Å²) in [7, 11) is 0. The minimum absolute atomic E-state index is 0. The van der Waals surface area contributed by atoms with Crippen LogP contribution < -0.4 is 16.4 Å². The molecular formula is C16H25ClN4O4. The van der Waals surface area contributed by atoms with E-state index in [0.717, 1.165) is 12.0 Å². The van der Waals surface area contributed by atoms with Gasteiger partial charge in [-0.3, -0.25) is 14.9 Å². The maximum Gasteiger partial charge on any atom is 0.292 e. The van der Waals surface area contributed by atoms with Crippen LogP contribution in [0.1, 0.15) is 24.8 Å². The van der Waals surface area contributed by atoms with Gasteiger partial charge in [-0.2, -0.15) is 0 Å². The second kappa shape index (κ2) is 10.2. The lowest BCUT2D eigenvalue weighted by molar-refractivity contribution is -0.384. The van der Waals surface area contributed by atoms with Crippen molar-refractivity contribution >= 4 is 29.7 Å². The number of halogens is 1. The third kappa shape index (κ3) is 6.15. The number of nitrogens with one attached hydrogen (secondary N) is 2. The Kier molecular flexibility index (Phi) is 8.60. The van der Waals surface area contributed by atoms with E-state index in [4.69, 9.17) is 10.5 Å². The van der Waals surface area contributed by atoms with Crippen molar-refractivity contribution < 1.29 is 14.5 Å². The fraction of sp³-hybridized carbons (Fsp3) is 0.562. The highest BCUT2D eigenvalue weighted by molar-refractivity contribution is 5.85. The number of carbonyl (C=O) groups excluding carboxylic acids is 1. The third-order valence-electron chi connectivity index (χ3n) is 3.98. The molecule has 0 aromatic heterocycles. The van der Waals surface area contributed by atoms with Crippen LogP contribution in [0.2, 0.25) is 0 Å². The summed E-state index contributed by atoms with van der Waals surface area (Å²) in [6, 6.07) is 5.06. The van der Waals surface area contributed by atoms with Gasteiger partial charge in [0.25, 0.3) is 5.69 Å². The van der Waals surface area contributed by atoms with Crippen molar-refractivity contribution in [2.75, 3.05) is 25.0 Å². The summed E-state index contributed by atoms with van der Waals surface area (Å²) >= 11 is 0. The average Bonchev–Trinajstić information content (AvgIpc) is 3.04. The number of nitro groups is 1. The van der Waals surface area contributed by atoms with Crippen LogP contribution in [0.4, 0.5) is 11.4 Å². The Balaban J connectivity index is 0.00000312. The number of anilines is 1. The first-order valence-electron chi connectivity index (χ1n) is 8.13. The van der Waals surface area contributed by atoms with Gasteiger partial charge in [0.05, 0.1) is 11.0 Å². The number of ether oxygens (including phenoxy) is 1. The fourth-order valence-electron chi connectivity index (χ4n) is 2.65. The van der Waals surface area contributed by atoms with Gasteiger partial charge in [0.1, 0.15) is 11.8 Å². The monoisotopic (exact) mass is 372 g/mol. The van der Waals surface area contributed by atoms with Crippen LogP contribution >= 0.6 is 12.4 Å². The highest BCUT2D eigenvalue weighted by Crippen LogP contribution is 2.25. The molecule has 8 nitrogen and oxygen atoms in total. The van der Waals surface area contributed by atoms with Crippen molar-refractivity contribution in [3.63, 3.8) is 0 Å². The molecule has 1 amide bonds. The normalized spacial score (nSPS) is 19.1. The molecule has 1 fully saturated rings. The summed E-state index contributed by atoms with van der Waals surface area (Å²) in [5.74, 6) is -0.118. The molecule has 2 rings (SSSR count). The number of hydrogen-bond acceptors (Lipinski definition) is 6. The van der Waals surface area contributed by atoms with Crippen molar-refractivity contribution in [2.24, 2.45) is 5.73 Å². The predicted molar refractivity (Wildman–Crippen MR) is 98.1 cm³/mol. The second-order valence-corrected chi connectivity index (χ2v) is 5.91. The minimum atomic E-state index is -0.412. The van der Waals surface area contributed by atoms with Gasteiger partial charge in [0, 0.05) is 25.7 Å². The summed E-state index contributed by atoms with van der Waals surface area (Å²) in [5, 5.41) is 16.9. The van der Waals surface area contributed by atoms with E-state index in [1.54, 1.807) is 6.07 Å². The lowest BCUT2D eigenvalue weighted by Crippen LogP contribution is -2.36. The predicted octanol–water partition coefficient (Wildman–Crippen LogP) is 1.75. The van der Waals surface area contributed by atoms with Gasteiger partial charge in [-0.25, -0.2) is 0 Å². The van der Waals surface area contributed by atoms with Crippen molar-refractivity contribution in [1.82, 2.24) is 5.32 Å². The minimum Gasteiger partial charge on any atom is -0.379 e. The van der Waals surface area contributed by atoms with Gasteiger partial charge >= 0.3 is 0 Å². The van der Waals surface area contributed by atoms with E-state index in [-0.39, 0.29) is 30.1 Å². The van der Waals surface area contributed by atoms with E-state index in [1.165, 1.54) is 6.07 Å². The van der Waals surface area contributed by atoms with Crippen LogP contribution in [0, 0.1) is 17.0 Å². The largest absolute Gasteiger partial charge is 0.379 e. The van der Waals surface area contributed by atoms with Crippen molar-refractivity contribution in [3.8, 4) is 0 Å². The molecule has 0 unspecified atom stereocenters. The highest BCUT2D eigenvalue weighted by Gasteiger charge is 2.29. The number of benzene rings is 1. The van der Waals surface area contributed by atoms with E-state index >= 15 is 0 Å². The summed E-state index contributed by atoms with van der Waals surface area (Å²) in [5.41, 5.74) is 6.91. The zero-order valence-electron chi connectivity index (χ0n) is 14.2. The van der Waals surface area contributed by atoms with E-state index in [2.05, 4.69) is 10.6 Å². The van der Waals surface area contributed by atoms with E-state index in [0.29, 0.717) is 38.2 Å². The molecule has 0 radical (unpaired) electrons. The first-order valence-corrected chi connectivity index (χ1v) is 8.13. The Morgan fingerprint density at radius 1 is 1.40 bits per heavy atom. The number of rotatable bonds is 8. The van der Waals surface area contributed by atoms with Crippen LogP contribution in [0.15, 0.2) is 18.2 Å². The maximum atomic E-state index is 11.9. The number of nitro benzene ring substituents is 1. The summed E-state index contributed by atoms with van der Waals surface area (Å²) in [4.78, 5) is 22.6. The quantitative estimate of drug-likeness (QED) is 0.363. The van der Waals surface area contributed by atoms with E-state index in [9.17, 15) is 14.9 Å². The molecule has 0 aliphatic carbocycles. The van der Waals surface area contributed by atoms with Crippen LogP contribution in [0.5, 0.6) is 0 Å². The third-order valence-corrected chi connectivity index (χ3v) is 3.98. The van der Waals surface area contributed by atoms with Crippen molar-refractivity contribution in [1.29, 1.82) is 0 Å². The van der Waals surface area contributed by atoms with Gasteiger partial charge in [-0.1, -0.05) is 6.07 Å². The van der Waals surface area contributed by atoms with Crippen LogP contribution in [-0.4, -0.2) is 42.7 Å². The lowest BCUT2D eigenvalue weighted by atomic mass is 10.2. The zero-order valence-corrected chi connectivity index (χ0v) is 15.0. The first-order chi connectivity index (χ1) is 11.5. The van der Waals surface area contributed by atoms with E-state index in [1.807, 2.05) is 13.0 Å². The smallest absolute Gasteiger partial charge is 0.292 e. The molecule has 25 heavy (non-hydrogen) atoms. The Hall–Kier alpha value is -1.90. The molecule has 2 atom stereocenters. The summed E-state index contributed by atoms with van der Waals surface area (Å²) < 4.78 is 5.52. The first kappa shape index (κ1) is 21.1. The Morgan fingerprint density at radius 3 is 2.80 bits per heavy atom. The number of nitrogens with zero attached hydrogens (tertiary/aromatic N) is 1. The Labute approximate surface area is 153 Å². The number of amides is 1. The van der Waals surface area contributed by atoms with Crippen LogP contribution in [-0.2, 0) is 9.53 Å². The molecule has 1 saturated heterocycles. The van der Waals surface area contributed by atoms with Gasteiger partial charge < -0.3 is 21.1 Å². The Morgan fingerprint density at radius 2 is 2.16 bits per heavy atom. The second-order valence-electron chi connectivity index (χ2n) is 5.91. The molecule has 140 valence electrons. The van der Waals surface area contributed by atoms with Gasteiger partial charge in [0.15, 0.2) is 0 Å². The lowest BCUT2D eigenvalue weighted by Gasteiger charge is -2.13. The maximum absolute atomic E-state index is 11.9. The number of aryl methyl sites for hydroxylation is 1. The van der Waals surface area contributed by atoms with Crippen LogP contribution in [0.3, 0.4) is 0 Å². The molecular weight excluding hydrogens is 348 g/mol. The standard InChI is InChI=1S/C16H24N4O4.ClH/c1-11-3-5-13(14(9-11)20(22)23)18-7-2-8-19-16(21)15-6-4-12(10-17)24-15;/h3,5,9,12,15,18H,2,4,6-8,10,17H2,1H3,(H,19,21);1H/t12-,15+;/m1./s1. The van der Waals surface area contributed by atoms with Crippen molar-refractivity contribution in [3.05, 3.63) is 33.9 Å². The van der Waals surface area contributed by atoms with Gasteiger partial charge in [0.2, 0.25) is 5.91 Å². The number of hydrogen-bond donors (Lipinski definition) is 3. The van der Waals surface area contributed by atoms with Crippen molar-refractivity contribution in [2.45, 2.75) is 38.4 Å². The van der Waals surface area contributed by atoms with Gasteiger partial charge in [-0.15, -0.1) is 12.4 Å². The molecule has 0 bridgehead atoms. The molecule has 1 aliphatic rings. The highest BCUT2D eigenvalue weighted by atomic mass is 35.5. The number of nitrogens with two attached hydrogens (primary N) is 1. The SMILES string of the molecule is Cc1ccc(NCCCNC(=O)[C@@H]2CC[C@H](CN)O2)c([N+](=O)[O-])c1.Cl. The molecule has 0 spiro atoms. The fourth-order valence-corrected chi connectivity index (χ4v) is 2.65. The van der Waals surface area contributed by atoms with Crippen LogP contribution in [0.25, 0.3) is 0 Å². The molecule has 1 aromatic rings. The topological polar surface area (TPSA) is 120 Å². The van der Waals surface area contributed by atoms with Gasteiger partial charge in [-0.05, 0) is 37.8 Å². The molecule has 1 heterocycles. The Bertz CT molecular complexity index is 599. The molecule has 4 N–H and O–H groups in total. The summed E-state index contributed by atoms with van der Waals surface area (Å²) in [6.07, 6.45) is 1.73. The number of carbonyl (C=O) groups is 1. The molecule has 1 aromatic carbocycles. The average molecular weight is 373 g/mol. The molecule has 0 saturated carbocycles. The summed E-state index contributed by atoms with van der Waals surface area (Å²) in [6.45, 7) is 3.26.